The molecule has 2 aliphatic heterocycles. The van der Waals surface area contributed by atoms with Gasteiger partial charge in [0, 0.05) is 56.1 Å². The molecule has 1 N–H and O–H groups in total. The summed E-state index contributed by atoms with van der Waals surface area (Å²) in [4.78, 5) is 29.9. The first-order valence-electron chi connectivity index (χ1n) is 14.3. The molecule has 214 valence electrons. The van der Waals surface area contributed by atoms with Crippen molar-refractivity contribution in [2.24, 2.45) is 0 Å². The molecule has 2 heterocycles. The van der Waals surface area contributed by atoms with E-state index in [1.165, 1.54) is 11.1 Å². The number of aryl methyl sites for hydroxylation is 1. The van der Waals surface area contributed by atoms with E-state index in [2.05, 4.69) is 64.6 Å². The van der Waals surface area contributed by atoms with Gasteiger partial charge in [-0.2, -0.15) is 0 Å². The molecule has 0 unspecified atom stereocenters. The summed E-state index contributed by atoms with van der Waals surface area (Å²) in [5, 5.41) is 3.64. The molecule has 6 nitrogen and oxygen atoms in total. The van der Waals surface area contributed by atoms with Crippen molar-refractivity contribution < 1.29 is 14.3 Å². The van der Waals surface area contributed by atoms with Crippen LogP contribution in [-0.4, -0.2) is 67.0 Å². The van der Waals surface area contributed by atoms with Crippen molar-refractivity contribution in [3.8, 4) is 5.75 Å². The van der Waals surface area contributed by atoms with Crippen LogP contribution in [-0.2, 0) is 22.4 Å². The van der Waals surface area contributed by atoms with Gasteiger partial charge >= 0.3 is 0 Å². The summed E-state index contributed by atoms with van der Waals surface area (Å²) in [5.41, 5.74) is 6.49. The first kappa shape index (κ1) is 29.1. The summed E-state index contributed by atoms with van der Waals surface area (Å²) < 4.78 is 7.06. The Bertz CT molecular complexity index is 1420. The number of hydrogen-bond acceptors (Lipinski definition) is 4. The molecule has 3 aromatic carbocycles. The summed E-state index contributed by atoms with van der Waals surface area (Å²) >= 11 is 3.53. The van der Waals surface area contributed by atoms with E-state index < -0.39 is 0 Å². The maximum absolute atomic E-state index is 14.0. The van der Waals surface area contributed by atoms with Gasteiger partial charge in [0.05, 0.1) is 12.6 Å². The highest BCUT2D eigenvalue weighted by Crippen LogP contribution is 2.34. The molecule has 41 heavy (non-hydrogen) atoms. The average Bonchev–Trinajstić information content (AvgIpc) is 2.98. The lowest BCUT2D eigenvalue weighted by molar-refractivity contribution is -0.132. The summed E-state index contributed by atoms with van der Waals surface area (Å²) in [6.45, 7) is 6.05. The van der Waals surface area contributed by atoms with Crippen molar-refractivity contribution in [1.82, 2.24) is 15.1 Å². The Hall–Kier alpha value is -3.42. The number of rotatable bonds is 9. The van der Waals surface area contributed by atoms with E-state index in [0.717, 1.165) is 45.3 Å². The fourth-order valence-corrected chi connectivity index (χ4v) is 5.99. The molecule has 1 saturated heterocycles. The van der Waals surface area contributed by atoms with Crippen LogP contribution in [0.1, 0.15) is 35.6 Å². The van der Waals surface area contributed by atoms with Crippen molar-refractivity contribution in [2.75, 3.05) is 33.3 Å². The Morgan fingerprint density at radius 3 is 2.44 bits per heavy atom. The first-order valence-corrected chi connectivity index (χ1v) is 15.1. The Morgan fingerprint density at radius 1 is 1.00 bits per heavy atom. The highest BCUT2D eigenvalue weighted by Gasteiger charge is 2.39. The zero-order valence-corrected chi connectivity index (χ0v) is 25.6. The molecular weight excluding hydrogens is 578 g/mol. The summed E-state index contributed by atoms with van der Waals surface area (Å²) in [6, 6.07) is 24.8. The molecule has 0 spiro atoms. The molecule has 2 aliphatic rings. The van der Waals surface area contributed by atoms with Gasteiger partial charge in [-0.25, -0.2) is 0 Å². The van der Waals surface area contributed by atoms with Gasteiger partial charge < -0.3 is 19.9 Å². The number of ether oxygens (including phenoxy) is 1. The molecule has 0 aromatic heterocycles. The third kappa shape index (κ3) is 7.08. The van der Waals surface area contributed by atoms with Gasteiger partial charge in [0.2, 0.25) is 5.91 Å². The first-order chi connectivity index (χ1) is 19.8. The largest absolute Gasteiger partial charge is 0.493 e. The predicted octanol–water partition coefficient (Wildman–Crippen LogP) is 5.43. The molecule has 0 saturated carbocycles. The third-order valence-electron chi connectivity index (χ3n) is 8.10. The molecule has 5 rings (SSSR count). The van der Waals surface area contributed by atoms with E-state index >= 15 is 0 Å². The molecule has 1 fully saturated rings. The van der Waals surface area contributed by atoms with Crippen molar-refractivity contribution in [3.05, 3.63) is 105 Å². The zero-order valence-electron chi connectivity index (χ0n) is 24.0. The minimum atomic E-state index is -0.185. The van der Waals surface area contributed by atoms with Gasteiger partial charge in [-0.05, 0) is 65.8 Å². The maximum atomic E-state index is 14.0. The number of hydrogen-bond donors (Lipinski definition) is 1. The fourth-order valence-electron chi connectivity index (χ4n) is 5.74. The molecule has 0 aliphatic carbocycles. The number of carbonyl (C=O) groups is 2. The van der Waals surface area contributed by atoms with Crippen molar-refractivity contribution in [2.45, 2.75) is 45.2 Å². The Balaban J connectivity index is 1.33. The monoisotopic (exact) mass is 615 g/mol. The Kier molecular flexibility index (Phi) is 9.25. The SMILES string of the molecule is CC(=O)N1C[C@H]2CC(c3ccc(CCOc4ccc(Br)c(C)c4)cc3)=C(C(=O)N(C)CCc3ccccc3)[C@@H](C1)N2. The molecule has 0 radical (unpaired) electrons. The second-order valence-corrected chi connectivity index (χ2v) is 12.0. The number of carbonyl (C=O) groups excluding carboxylic acids is 2. The van der Waals surface area contributed by atoms with E-state index in [0.29, 0.717) is 32.7 Å². The highest BCUT2D eigenvalue weighted by atomic mass is 79.9. The minimum Gasteiger partial charge on any atom is -0.493 e. The molecule has 2 atom stereocenters. The number of amides is 2. The average molecular weight is 617 g/mol. The van der Waals surface area contributed by atoms with Crippen LogP contribution in [0, 0.1) is 6.92 Å². The smallest absolute Gasteiger partial charge is 0.251 e. The van der Waals surface area contributed by atoms with Crippen LogP contribution >= 0.6 is 15.9 Å². The topological polar surface area (TPSA) is 61.9 Å². The second kappa shape index (κ2) is 13.0. The van der Waals surface area contributed by atoms with E-state index in [-0.39, 0.29) is 23.9 Å². The summed E-state index contributed by atoms with van der Waals surface area (Å²) in [5.74, 6) is 0.950. The Labute approximate surface area is 251 Å². The molecule has 2 bridgehead atoms. The lowest BCUT2D eigenvalue weighted by atomic mass is 9.82. The summed E-state index contributed by atoms with van der Waals surface area (Å²) in [7, 11) is 1.88. The predicted molar refractivity (Wildman–Crippen MR) is 167 cm³/mol. The van der Waals surface area contributed by atoms with Crippen LogP contribution in [0.5, 0.6) is 5.75 Å². The number of fused-ring (bicyclic) bond motifs is 2. The fraction of sp³-hybridized carbons (Fsp3) is 0.353. The van der Waals surface area contributed by atoms with Gasteiger partial charge in [-0.3, -0.25) is 9.59 Å². The number of nitrogens with one attached hydrogen (secondary N) is 1. The number of piperazine rings is 1. The van der Waals surface area contributed by atoms with Crippen LogP contribution in [0.2, 0.25) is 0 Å². The number of benzene rings is 3. The van der Waals surface area contributed by atoms with Gasteiger partial charge in [0.25, 0.3) is 5.91 Å². The van der Waals surface area contributed by atoms with Crippen LogP contribution < -0.4 is 10.1 Å². The van der Waals surface area contributed by atoms with E-state index in [1.54, 1.807) is 6.92 Å². The lowest BCUT2D eigenvalue weighted by Crippen LogP contribution is -2.61. The maximum Gasteiger partial charge on any atom is 0.251 e. The Morgan fingerprint density at radius 2 is 1.73 bits per heavy atom. The second-order valence-electron chi connectivity index (χ2n) is 11.1. The molecule has 2 amide bonds. The van der Waals surface area contributed by atoms with Crippen LogP contribution in [0.25, 0.3) is 5.57 Å². The third-order valence-corrected chi connectivity index (χ3v) is 8.99. The molecular formula is C34H38BrN3O3. The van der Waals surface area contributed by atoms with Crippen LogP contribution in [0.4, 0.5) is 0 Å². The number of likely N-dealkylation sites (N-methyl/N-ethyl adjacent to an activating group) is 1. The number of halogens is 1. The lowest BCUT2D eigenvalue weighted by Gasteiger charge is -2.44. The standard InChI is InChI=1S/C34H38BrN3O3/c1-23-19-29(13-14-31(23)35)41-18-16-26-9-11-27(12-10-26)30-20-28-21-38(24(2)39)22-32(36-28)33(30)34(40)37(3)17-15-25-7-5-4-6-8-25/h4-14,19,28,32,36H,15-18,20-22H2,1-3H3/t28-,32-/m1/s1. The molecule has 7 heteroatoms. The highest BCUT2D eigenvalue weighted by molar-refractivity contribution is 9.10. The van der Waals surface area contributed by atoms with Gasteiger partial charge in [-0.1, -0.05) is 70.5 Å². The minimum absolute atomic E-state index is 0.0274. The van der Waals surface area contributed by atoms with Crippen molar-refractivity contribution in [3.63, 3.8) is 0 Å². The number of nitrogens with zero attached hydrogens (tertiary/aromatic N) is 2. The zero-order chi connectivity index (χ0) is 28.9. The van der Waals surface area contributed by atoms with Crippen molar-refractivity contribution >= 4 is 33.3 Å². The summed E-state index contributed by atoms with van der Waals surface area (Å²) in [6.07, 6.45) is 2.30. The van der Waals surface area contributed by atoms with E-state index in [4.69, 9.17) is 4.74 Å². The van der Waals surface area contributed by atoms with E-state index in [1.807, 2.05) is 53.2 Å². The van der Waals surface area contributed by atoms with Crippen LogP contribution in [0.15, 0.2) is 82.8 Å². The van der Waals surface area contributed by atoms with Crippen LogP contribution in [0.3, 0.4) is 0 Å². The van der Waals surface area contributed by atoms with Gasteiger partial charge in [-0.15, -0.1) is 0 Å². The van der Waals surface area contributed by atoms with Crippen molar-refractivity contribution in [1.29, 1.82) is 0 Å². The van der Waals surface area contributed by atoms with Gasteiger partial charge in [0.1, 0.15) is 5.75 Å². The quantitative estimate of drug-likeness (QED) is 0.349. The van der Waals surface area contributed by atoms with Gasteiger partial charge in [0.15, 0.2) is 0 Å². The normalized spacial score (nSPS) is 18.3. The molecule has 3 aromatic rings. The van der Waals surface area contributed by atoms with E-state index in [9.17, 15) is 9.59 Å².